The fourth-order valence-electron chi connectivity index (χ4n) is 2.62. The number of phenols is 1. The van der Waals surface area contributed by atoms with Gasteiger partial charge in [0, 0.05) is 18.1 Å². The number of phenolic OH excluding ortho intramolecular Hbond substituents is 1. The Morgan fingerprint density at radius 3 is 2.80 bits per heavy atom. The first-order chi connectivity index (χ1) is 9.61. The number of nitrogens with one attached hydrogen (secondary N) is 1. The molecule has 104 valence electrons. The Bertz CT molecular complexity index is 665. The summed E-state index contributed by atoms with van der Waals surface area (Å²) in [6.07, 6.45) is 4.03. The topological polar surface area (TPSA) is 82.5 Å². The summed E-state index contributed by atoms with van der Waals surface area (Å²) in [6, 6.07) is 6.93. The van der Waals surface area contributed by atoms with E-state index in [0.717, 1.165) is 17.2 Å². The van der Waals surface area contributed by atoms with Crippen LogP contribution in [0.25, 0.3) is 10.8 Å². The molecule has 1 saturated carbocycles. The molecule has 5 heteroatoms. The van der Waals surface area contributed by atoms with E-state index in [0.29, 0.717) is 25.2 Å². The maximum atomic E-state index is 11.3. The summed E-state index contributed by atoms with van der Waals surface area (Å²) in [5.74, 6) is 0.0374. The minimum absolute atomic E-state index is 0.171. The van der Waals surface area contributed by atoms with Gasteiger partial charge in [0.05, 0.1) is 5.41 Å². The van der Waals surface area contributed by atoms with Gasteiger partial charge in [-0.05, 0) is 36.4 Å². The Balaban J connectivity index is 1.88. The van der Waals surface area contributed by atoms with Gasteiger partial charge in [0.25, 0.3) is 0 Å². The molecule has 3 rings (SSSR count). The number of fused-ring (bicyclic) bond motifs is 1. The molecule has 3 N–H and O–H groups in total. The minimum atomic E-state index is -0.751. The quantitative estimate of drug-likeness (QED) is 0.797. The molecule has 1 aliphatic carbocycles. The third-order valence-electron chi connectivity index (χ3n) is 4.11. The summed E-state index contributed by atoms with van der Waals surface area (Å²) in [7, 11) is 0. The van der Waals surface area contributed by atoms with E-state index in [4.69, 9.17) is 0 Å². The Kier molecular flexibility index (Phi) is 2.97. The van der Waals surface area contributed by atoms with Crippen LogP contribution in [0.2, 0.25) is 0 Å². The lowest BCUT2D eigenvalue weighted by Gasteiger charge is -2.37. The molecule has 5 nitrogen and oxygen atoms in total. The predicted octanol–water partition coefficient (Wildman–Crippen LogP) is 2.61. The molecule has 0 bridgehead atoms. The number of nitrogens with zero attached hydrogens (tertiary/aromatic N) is 1. The van der Waals surface area contributed by atoms with Crippen LogP contribution >= 0.6 is 0 Å². The molecule has 0 spiro atoms. The summed E-state index contributed by atoms with van der Waals surface area (Å²) < 4.78 is 0. The zero-order valence-electron chi connectivity index (χ0n) is 11.0. The fourth-order valence-corrected chi connectivity index (χ4v) is 2.62. The lowest BCUT2D eigenvalue weighted by Crippen LogP contribution is -2.43. The number of hydrogen-bond donors (Lipinski definition) is 3. The molecule has 2 aromatic rings. The van der Waals surface area contributed by atoms with Crippen molar-refractivity contribution in [1.29, 1.82) is 0 Å². The molecular weight excluding hydrogens is 256 g/mol. The molecule has 1 aromatic carbocycles. The highest BCUT2D eigenvalue weighted by molar-refractivity contribution is 5.92. The van der Waals surface area contributed by atoms with Gasteiger partial charge in [-0.15, -0.1) is 0 Å². The van der Waals surface area contributed by atoms with Crippen LogP contribution in [0.1, 0.15) is 19.3 Å². The summed E-state index contributed by atoms with van der Waals surface area (Å²) in [5.41, 5.74) is -0.666. The maximum absolute atomic E-state index is 11.3. The number of rotatable bonds is 4. The number of aliphatic carboxylic acids is 1. The van der Waals surface area contributed by atoms with Crippen LogP contribution < -0.4 is 5.32 Å². The van der Waals surface area contributed by atoms with Gasteiger partial charge in [-0.2, -0.15) is 0 Å². The first-order valence-electron chi connectivity index (χ1n) is 6.66. The van der Waals surface area contributed by atoms with E-state index < -0.39 is 11.4 Å². The lowest BCUT2D eigenvalue weighted by atomic mass is 9.69. The van der Waals surface area contributed by atoms with E-state index in [-0.39, 0.29) is 5.75 Å². The standard InChI is InChI=1S/C15H16N2O3/c18-11-3-2-10-4-7-16-13(12(10)8-11)17-9-15(14(19)20)5-1-6-15/h2-4,7-8,18H,1,5-6,9H2,(H,16,17)(H,19,20). The van der Waals surface area contributed by atoms with Gasteiger partial charge < -0.3 is 15.5 Å². The van der Waals surface area contributed by atoms with Crippen LogP contribution in [0.5, 0.6) is 5.75 Å². The summed E-state index contributed by atoms with van der Waals surface area (Å²) in [4.78, 5) is 15.6. The molecule has 0 radical (unpaired) electrons. The van der Waals surface area contributed by atoms with E-state index >= 15 is 0 Å². The molecule has 1 fully saturated rings. The predicted molar refractivity (Wildman–Crippen MR) is 75.8 cm³/mol. The summed E-state index contributed by atoms with van der Waals surface area (Å²) in [5, 5.41) is 23.8. The van der Waals surface area contributed by atoms with Gasteiger partial charge in [-0.3, -0.25) is 4.79 Å². The van der Waals surface area contributed by atoms with Gasteiger partial charge in [0.2, 0.25) is 0 Å². The van der Waals surface area contributed by atoms with E-state index in [1.165, 1.54) is 0 Å². The molecule has 0 atom stereocenters. The van der Waals surface area contributed by atoms with Crippen LogP contribution in [0.3, 0.4) is 0 Å². The molecule has 1 aromatic heterocycles. The molecule has 0 aliphatic heterocycles. The van der Waals surface area contributed by atoms with Crippen molar-refractivity contribution in [2.24, 2.45) is 5.41 Å². The summed E-state index contributed by atoms with van der Waals surface area (Å²) in [6.45, 7) is 0.365. The number of hydrogen-bond acceptors (Lipinski definition) is 4. The normalized spacial score (nSPS) is 16.6. The number of anilines is 1. The van der Waals surface area contributed by atoms with Gasteiger partial charge in [-0.25, -0.2) is 4.98 Å². The van der Waals surface area contributed by atoms with Crippen molar-refractivity contribution in [3.8, 4) is 5.75 Å². The van der Waals surface area contributed by atoms with Crippen LogP contribution in [0, 0.1) is 5.41 Å². The zero-order chi connectivity index (χ0) is 14.2. The lowest BCUT2D eigenvalue weighted by molar-refractivity contribution is -0.153. The fraction of sp³-hybridized carbons (Fsp3) is 0.333. The third-order valence-corrected chi connectivity index (χ3v) is 4.11. The first kappa shape index (κ1) is 12.7. The van der Waals surface area contributed by atoms with E-state index in [9.17, 15) is 15.0 Å². The number of carboxylic acids is 1. The molecular formula is C15H16N2O3. The summed E-state index contributed by atoms with van der Waals surface area (Å²) >= 11 is 0. The second-order valence-electron chi connectivity index (χ2n) is 5.36. The van der Waals surface area contributed by atoms with Crippen molar-refractivity contribution < 1.29 is 15.0 Å². The maximum Gasteiger partial charge on any atom is 0.311 e. The van der Waals surface area contributed by atoms with Crippen molar-refractivity contribution in [1.82, 2.24) is 4.98 Å². The number of aromatic nitrogens is 1. The van der Waals surface area contributed by atoms with E-state index in [1.807, 2.05) is 12.1 Å². The average Bonchev–Trinajstić information content (AvgIpc) is 2.37. The number of carbonyl (C=O) groups is 1. The Hall–Kier alpha value is -2.30. The van der Waals surface area contributed by atoms with Crippen molar-refractivity contribution in [3.63, 3.8) is 0 Å². The van der Waals surface area contributed by atoms with Crippen molar-refractivity contribution in [3.05, 3.63) is 30.5 Å². The molecule has 20 heavy (non-hydrogen) atoms. The van der Waals surface area contributed by atoms with Crippen LogP contribution in [0.4, 0.5) is 5.82 Å². The average molecular weight is 272 g/mol. The van der Waals surface area contributed by atoms with Gasteiger partial charge in [-0.1, -0.05) is 12.5 Å². The van der Waals surface area contributed by atoms with Crippen molar-refractivity contribution in [2.75, 3.05) is 11.9 Å². The van der Waals surface area contributed by atoms with Crippen molar-refractivity contribution >= 4 is 22.6 Å². The SMILES string of the molecule is O=C(O)C1(CNc2nccc3ccc(O)cc23)CCC1. The van der Waals surface area contributed by atoms with E-state index in [1.54, 1.807) is 18.3 Å². The van der Waals surface area contributed by atoms with E-state index in [2.05, 4.69) is 10.3 Å². The smallest absolute Gasteiger partial charge is 0.311 e. The largest absolute Gasteiger partial charge is 0.508 e. The molecule has 1 heterocycles. The van der Waals surface area contributed by atoms with Crippen LogP contribution in [0.15, 0.2) is 30.5 Å². The number of pyridine rings is 1. The Morgan fingerprint density at radius 2 is 2.15 bits per heavy atom. The van der Waals surface area contributed by atoms with Gasteiger partial charge >= 0.3 is 5.97 Å². The van der Waals surface area contributed by atoms with Crippen LogP contribution in [-0.2, 0) is 4.79 Å². The Labute approximate surface area is 116 Å². The number of carboxylic acid groups (broad SMARTS) is 1. The van der Waals surface area contributed by atoms with Crippen LogP contribution in [-0.4, -0.2) is 27.7 Å². The first-order valence-corrected chi connectivity index (χ1v) is 6.66. The zero-order valence-corrected chi connectivity index (χ0v) is 11.0. The minimum Gasteiger partial charge on any atom is -0.508 e. The molecule has 1 aliphatic rings. The third kappa shape index (κ3) is 2.05. The molecule has 0 saturated heterocycles. The Morgan fingerprint density at radius 1 is 1.35 bits per heavy atom. The molecule has 0 amide bonds. The number of aromatic hydroxyl groups is 1. The van der Waals surface area contributed by atoms with Gasteiger partial charge in [0.1, 0.15) is 11.6 Å². The van der Waals surface area contributed by atoms with Crippen molar-refractivity contribution in [2.45, 2.75) is 19.3 Å². The monoisotopic (exact) mass is 272 g/mol. The number of benzene rings is 1. The highest BCUT2D eigenvalue weighted by atomic mass is 16.4. The molecule has 0 unspecified atom stereocenters. The second kappa shape index (κ2) is 4.67. The van der Waals surface area contributed by atoms with Gasteiger partial charge in [0.15, 0.2) is 0 Å². The highest BCUT2D eigenvalue weighted by Gasteiger charge is 2.44. The second-order valence-corrected chi connectivity index (χ2v) is 5.36. The highest BCUT2D eigenvalue weighted by Crippen LogP contribution is 2.41.